The zero-order valence-corrected chi connectivity index (χ0v) is 17.3. The van der Waals surface area contributed by atoms with E-state index in [1.54, 1.807) is 18.2 Å². The lowest BCUT2D eigenvalue weighted by atomic mass is 10.1. The number of nitrogens with one attached hydrogen (secondary N) is 1. The van der Waals surface area contributed by atoms with E-state index in [9.17, 15) is 8.42 Å². The van der Waals surface area contributed by atoms with E-state index in [-0.39, 0.29) is 10.8 Å². The molecule has 0 atom stereocenters. The van der Waals surface area contributed by atoms with Gasteiger partial charge in [0.15, 0.2) is 0 Å². The third-order valence-corrected chi connectivity index (χ3v) is 6.21. The molecular formula is C23H21N3O3S. The van der Waals surface area contributed by atoms with Crippen molar-refractivity contribution in [2.24, 2.45) is 0 Å². The molecule has 3 aromatic carbocycles. The normalized spacial score (nSPS) is 11.5. The van der Waals surface area contributed by atoms with Gasteiger partial charge in [0.1, 0.15) is 0 Å². The van der Waals surface area contributed by atoms with Crippen LogP contribution in [0.3, 0.4) is 0 Å². The summed E-state index contributed by atoms with van der Waals surface area (Å²) in [5.74, 6) is 0.573. The van der Waals surface area contributed by atoms with Crippen LogP contribution in [0.25, 0.3) is 22.8 Å². The summed E-state index contributed by atoms with van der Waals surface area (Å²) in [6.45, 7) is 2.29. The zero-order chi connectivity index (χ0) is 21.0. The van der Waals surface area contributed by atoms with Crippen LogP contribution in [0.5, 0.6) is 0 Å². The highest BCUT2D eigenvalue weighted by Gasteiger charge is 2.22. The Morgan fingerprint density at radius 2 is 1.60 bits per heavy atom. The second-order valence-corrected chi connectivity index (χ2v) is 8.65. The standard InChI is InChI=1S/C23H21N3O3S/c1-17-11-13-19(14-12-17)22-25-23(29-26-22)20-9-5-6-10-21(20)30(27,28)24-16-15-18-7-3-2-4-8-18/h2-14,24H,15-16H2,1H3. The van der Waals surface area contributed by atoms with Gasteiger partial charge in [-0.3, -0.25) is 0 Å². The minimum atomic E-state index is -3.75. The summed E-state index contributed by atoms with van der Waals surface area (Å²) in [6, 6.07) is 24.1. The van der Waals surface area contributed by atoms with Crippen LogP contribution in [0.4, 0.5) is 0 Å². The highest BCUT2D eigenvalue weighted by Crippen LogP contribution is 2.28. The Hall–Kier alpha value is -3.29. The van der Waals surface area contributed by atoms with E-state index in [1.807, 2.05) is 61.5 Å². The molecule has 152 valence electrons. The topological polar surface area (TPSA) is 85.1 Å². The first-order valence-corrected chi connectivity index (χ1v) is 11.0. The molecule has 0 radical (unpaired) electrons. The molecular weight excluding hydrogens is 398 g/mol. The number of hydrogen-bond donors (Lipinski definition) is 1. The van der Waals surface area contributed by atoms with Crippen molar-refractivity contribution < 1.29 is 12.9 Å². The van der Waals surface area contributed by atoms with Crippen molar-refractivity contribution >= 4 is 10.0 Å². The molecule has 0 aliphatic carbocycles. The van der Waals surface area contributed by atoms with E-state index in [2.05, 4.69) is 14.9 Å². The van der Waals surface area contributed by atoms with Crippen LogP contribution >= 0.6 is 0 Å². The van der Waals surface area contributed by atoms with Gasteiger partial charge in [-0.2, -0.15) is 4.98 Å². The van der Waals surface area contributed by atoms with Crippen molar-refractivity contribution in [3.63, 3.8) is 0 Å². The van der Waals surface area contributed by atoms with Crippen LogP contribution < -0.4 is 4.72 Å². The monoisotopic (exact) mass is 419 g/mol. The average molecular weight is 420 g/mol. The summed E-state index contributed by atoms with van der Waals surface area (Å²) in [5.41, 5.74) is 3.36. The van der Waals surface area contributed by atoms with E-state index >= 15 is 0 Å². The quantitative estimate of drug-likeness (QED) is 0.484. The number of aryl methyl sites for hydroxylation is 1. The van der Waals surface area contributed by atoms with E-state index in [0.29, 0.717) is 24.4 Å². The molecule has 0 saturated carbocycles. The molecule has 1 heterocycles. The highest BCUT2D eigenvalue weighted by molar-refractivity contribution is 7.89. The molecule has 4 aromatic rings. The fourth-order valence-corrected chi connectivity index (χ4v) is 4.31. The third kappa shape index (κ3) is 4.48. The number of sulfonamides is 1. The lowest BCUT2D eigenvalue weighted by Gasteiger charge is -2.09. The molecule has 1 N–H and O–H groups in total. The molecule has 6 nitrogen and oxygen atoms in total. The Morgan fingerprint density at radius 3 is 2.37 bits per heavy atom. The molecule has 0 bridgehead atoms. The Balaban J connectivity index is 1.57. The number of benzene rings is 3. The number of aromatic nitrogens is 2. The maximum atomic E-state index is 12.9. The summed E-state index contributed by atoms with van der Waals surface area (Å²) < 4.78 is 33.9. The van der Waals surface area contributed by atoms with Gasteiger partial charge in [0.05, 0.1) is 10.5 Å². The Kier molecular flexibility index (Phi) is 5.74. The predicted molar refractivity (Wildman–Crippen MR) is 115 cm³/mol. The SMILES string of the molecule is Cc1ccc(-c2noc(-c3ccccc3S(=O)(=O)NCCc3ccccc3)n2)cc1. The van der Waals surface area contributed by atoms with Crippen molar-refractivity contribution in [2.45, 2.75) is 18.2 Å². The lowest BCUT2D eigenvalue weighted by Crippen LogP contribution is -2.26. The molecule has 7 heteroatoms. The molecule has 0 unspecified atom stereocenters. The van der Waals surface area contributed by atoms with Crippen LogP contribution in [0.1, 0.15) is 11.1 Å². The summed E-state index contributed by atoms with van der Waals surface area (Å²) in [6.07, 6.45) is 0.598. The summed E-state index contributed by atoms with van der Waals surface area (Å²) in [7, 11) is -3.75. The van der Waals surface area contributed by atoms with Crippen LogP contribution in [0.15, 0.2) is 88.3 Å². The van der Waals surface area contributed by atoms with Gasteiger partial charge < -0.3 is 4.52 Å². The van der Waals surface area contributed by atoms with Crippen molar-refractivity contribution in [3.8, 4) is 22.8 Å². The molecule has 0 saturated heterocycles. The number of hydrogen-bond acceptors (Lipinski definition) is 5. The van der Waals surface area contributed by atoms with Gasteiger partial charge in [-0.15, -0.1) is 0 Å². The molecule has 0 aliphatic rings. The van der Waals surface area contributed by atoms with Crippen molar-refractivity contribution in [3.05, 3.63) is 90.0 Å². The van der Waals surface area contributed by atoms with Crippen molar-refractivity contribution in [1.29, 1.82) is 0 Å². The first kappa shape index (κ1) is 20.0. The zero-order valence-electron chi connectivity index (χ0n) is 16.4. The van der Waals surface area contributed by atoms with E-state index in [4.69, 9.17) is 4.52 Å². The van der Waals surface area contributed by atoms with Gasteiger partial charge in [-0.1, -0.05) is 77.5 Å². The summed E-state index contributed by atoms with van der Waals surface area (Å²) >= 11 is 0. The second-order valence-electron chi connectivity index (χ2n) is 6.92. The van der Waals surface area contributed by atoms with Crippen LogP contribution in [-0.4, -0.2) is 25.1 Å². The van der Waals surface area contributed by atoms with Crippen LogP contribution in [0, 0.1) is 6.92 Å². The smallest absolute Gasteiger partial charge is 0.259 e. The first-order valence-electron chi connectivity index (χ1n) is 9.57. The predicted octanol–water partition coefficient (Wildman–Crippen LogP) is 4.23. The minimum absolute atomic E-state index is 0.108. The third-order valence-electron chi connectivity index (χ3n) is 4.69. The Bertz CT molecular complexity index is 1230. The van der Waals surface area contributed by atoms with Gasteiger partial charge in [-0.25, -0.2) is 13.1 Å². The van der Waals surface area contributed by atoms with Gasteiger partial charge in [-0.05, 0) is 31.0 Å². The number of rotatable bonds is 7. The van der Waals surface area contributed by atoms with Crippen LogP contribution in [-0.2, 0) is 16.4 Å². The molecule has 0 aliphatic heterocycles. The maximum Gasteiger partial charge on any atom is 0.259 e. The van der Waals surface area contributed by atoms with Crippen molar-refractivity contribution in [1.82, 2.24) is 14.9 Å². The van der Waals surface area contributed by atoms with Gasteiger partial charge in [0, 0.05) is 12.1 Å². The van der Waals surface area contributed by atoms with Gasteiger partial charge in [0.2, 0.25) is 15.8 Å². The second kappa shape index (κ2) is 8.61. The fraction of sp³-hybridized carbons (Fsp3) is 0.130. The van der Waals surface area contributed by atoms with Gasteiger partial charge in [0.25, 0.3) is 5.89 Å². The molecule has 4 rings (SSSR count). The van der Waals surface area contributed by atoms with Crippen molar-refractivity contribution in [2.75, 3.05) is 6.54 Å². The van der Waals surface area contributed by atoms with E-state index < -0.39 is 10.0 Å². The number of nitrogens with zero attached hydrogens (tertiary/aromatic N) is 2. The Labute approximate surface area is 175 Å². The van der Waals surface area contributed by atoms with Gasteiger partial charge >= 0.3 is 0 Å². The molecule has 1 aromatic heterocycles. The average Bonchev–Trinajstić information content (AvgIpc) is 3.25. The molecule has 0 amide bonds. The Morgan fingerprint density at radius 1 is 0.900 bits per heavy atom. The summed E-state index contributed by atoms with van der Waals surface area (Å²) in [4.78, 5) is 4.52. The minimum Gasteiger partial charge on any atom is -0.334 e. The molecule has 30 heavy (non-hydrogen) atoms. The molecule has 0 spiro atoms. The first-order chi connectivity index (χ1) is 14.5. The highest BCUT2D eigenvalue weighted by atomic mass is 32.2. The van der Waals surface area contributed by atoms with E-state index in [1.165, 1.54) is 6.07 Å². The van der Waals surface area contributed by atoms with E-state index in [0.717, 1.165) is 16.7 Å². The van der Waals surface area contributed by atoms with Crippen LogP contribution in [0.2, 0.25) is 0 Å². The molecule has 0 fully saturated rings. The largest absolute Gasteiger partial charge is 0.334 e. The maximum absolute atomic E-state index is 12.9. The fourth-order valence-electron chi connectivity index (χ4n) is 3.08. The lowest BCUT2D eigenvalue weighted by molar-refractivity contribution is 0.431. The summed E-state index contributed by atoms with van der Waals surface area (Å²) in [5, 5.41) is 4.02.